The molecular formula is C20H18N4O3. The first-order valence-corrected chi connectivity index (χ1v) is 8.04. The third-order valence-corrected chi connectivity index (χ3v) is 3.91. The van der Waals surface area contributed by atoms with E-state index in [0.717, 1.165) is 0 Å². The van der Waals surface area contributed by atoms with E-state index in [-0.39, 0.29) is 16.9 Å². The van der Waals surface area contributed by atoms with E-state index in [9.17, 15) is 14.7 Å². The number of nitrogens with two attached hydrogens (primary N) is 3. The predicted molar refractivity (Wildman–Crippen MR) is 105 cm³/mol. The van der Waals surface area contributed by atoms with Crippen LogP contribution < -0.4 is 22.1 Å². The predicted octanol–water partition coefficient (Wildman–Crippen LogP) is 2.63. The number of hydrogen-bond donors (Lipinski definition) is 4. The molecule has 0 heterocycles. The average molecular weight is 362 g/mol. The van der Waals surface area contributed by atoms with Crippen molar-refractivity contribution in [3.8, 4) is 5.75 Å². The Labute approximate surface area is 155 Å². The summed E-state index contributed by atoms with van der Waals surface area (Å²) in [5.74, 6) is -1.47. The highest BCUT2D eigenvalue weighted by atomic mass is 16.3. The Balaban J connectivity index is 2.16. The van der Waals surface area contributed by atoms with Crippen LogP contribution in [0.3, 0.4) is 0 Å². The van der Waals surface area contributed by atoms with Crippen LogP contribution >= 0.6 is 0 Å². The molecule has 0 aromatic heterocycles. The highest BCUT2D eigenvalue weighted by molar-refractivity contribution is 6.12. The first-order chi connectivity index (χ1) is 12.8. The van der Waals surface area contributed by atoms with Crippen molar-refractivity contribution in [2.75, 3.05) is 16.4 Å². The highest BCUT2D eigenvalue weighted by Gasteiger charge is 2.22. The Kier molecular flexibility index (Phi) is 4.68. The van der Waals surface area contributed by atoms with Crippen molar-refractivity contribution in [3.63, 3.8) is 0 Å². The van der Waals surface area contributed by atoms with Crippen molar-refractivity contribution in [2.24, 2.45) is 5.73 Å². The van der Waals surface area contributed by atoms with Crippen LogP contribution in [0.2, 0.25) is 0 Å². The van der Waals surface area contributed by atoms with Crippen molar-refractivity contribution >= 4 is 34.6 Å². The lowest BCUT2D eigenvalue weighted by Crippen LogP contribution is -2.26. The van der Waals surface area contributed by atoms with Gasteiger partial charge in [0.25, 0.3) is 5.91 Å². The van der Waals surface area contributed by atoms with Gasteiger partial charge in [0.05, 0.1) is 11.4 Å². The van der Waals surface area contributed by atoms with Crippen molar-refractivity contribution in [3.05, 3.63) is 77.9 Å². The number of rotatable bonds is 4. The van der Waals surface area contributed by atoms with E-state index in [2.05, 4.69) is 0 Å². The zero-order valence-electron chi connectivity index (χ0n) is 14.3. The molecule has 0 bridgehead atoms. The van der Waals surface area contributed by atoms with Crippen LogP contribution in [0.5, 0.6) is 5.75 Å². The summed E-state index contributed by atoms with van der Waals surface area (Å²) in [5, 5.41) is 9.88. The first-order valence-electron chi connectivity index (χ1n) is 8.04. The van der Waals surface area contributed by atoms with Crippen LogP contribution in [-0.4, -0.2) is 16.9 Å². The number of phenols is 1. The second kappa shape index (κ2) is 7.09. The SMILES string of the molecule is NC(=O)c1cc(O)cc(C(=O)N(c2cccc(N)c2)c2cccc(N)c2)c1. The van der Waals surface area contributed by atoms with E-state index in [1.54, 1.807) is 48.5 Å². The summed E-state index contributed by atoms with van der Waals surface area (Å²) in [7, 11) is 0. The van der Waals surface area contributed by atoms with Crippen LogP contribution in [0.25, 0.3) is 0 Å². The summed E-state index contributed by atoms with van der Waals surface area (Å²) in [6.45, 7) is 0. The Morgan fingerprint density at radius 1 is 0.778 bits per heavy atom. The van der Waals surface area contributed by atoms with Gasteiger partial charge in [0.2, 0.25) is 5.91 Å². The molecule has 0 fully saturated rings. The van der Waals surface area contributed by atoms with E-state index >= 15 is 0 Å². The van der Waals surface area contributed by atoms with Gasteiger partial charge < -0.3 is 22.3 Å². The van der Waals surface area contributed by atoms with Crippen LogP contribution in [0.4, 0.5) is 22.7 Å². The maximum absolute atomic E-state index is 13.3. The van der Waals surface area contributed by atoms with E-state index in [1.165, 1.54) is 23.1 Å². The van der Waals surface area contributed by atoms with Crippen LogP contribution in [0.1, 0.15) is 20.7 Å². The first kappa shape index (κ1) is 17.8. The Bertz CT molecular complexity index is 988. The summed E-state index contributed by atoms with van der Waals surface area (Å²) in [6.07, 6.45) is 0. The minimum Gasteiger partial charge on any atom is -0.508 e. The van der Waals surface area contributed by atoms with Gasteiger partial charge in [-0.1, -0.05) is 12.1 Å². The van der Waals surface area contributed by atoms with Gasteiger partial charge in [0.1, 0.15) is 5.75 Å². The minimum atomic E-state index is -0.751. The standard InChI is InChI=1S/C20H18N4O3/c21-14-3-1-5-16(10-14)24(17-6-2-4-15(22)11-17)20(27)13-7-12(19(23)26)8-18(25)9-13/h1-11,25H,21-22H2,(H2,23,26). The van der Waals surface area contributed by atoms with E-state index in [4.69, 9.17) is 17.2 Å². The minimum absolute atomic E-state index is 0.0263. The maximum atomic E-state index is 13.3. The third-order valence-electron chi connectivity index (χ3n) is 3.91. The van der Waals surface area contributed by atoms with Gasteiger partial charge >= 0.3 is 0 Å². The van der Waals surface area contributed by atoms with Crippen LogP contribution in [-0.2, 0) is 0 Å². The second-order valence-electron chi connectivity index (χ2n) is 5.96. The lowest BCUT2D eigenvalue weighted by Gasteiger charge is -2.24. The molecule has 0 aliphatic rings. The molecule has 0 aliphatic carbocycles. The van der Waals surface area contributed by atoms with E-state index < -0.39 is 11.8 Å². The molecule has 7 nitrogen and oxygen atoms in total. The molecular weight excluding hydrogens is 344 g/mol. The smallest absolute Gasteiger partial charge is 0.262 e. The lowest BCUT2D eigenvalue weighted by molar-refractivity contribution is 0.0998. The van der Waals surface area contributed by atoms with Crippen molar-refractivity contribution in [1.29, 1.82) is 0 Å². The summed E-state index contributed by atoms with van der Waals surface area (Å²) in [5.41, 5.74) is 19.1. The fourth-order valence-corrected chi connectivity index (χ4v) is 2.72. The molecule has 7 heteroatoms. The number of nitrogens with zero attached hydrogens (tertiary/aromatic N) is 1. The molecule has 3 aromatic rings. The van der Waals surface area contributed by atoms with Crippen molar-refractivity contribution in [1.82, 2.24) is 0 Å². The average Bonchev–Trinajstić information content (AvgIpc) is 2.61. The molecule has 0 unspecified atom stereocenters. The number of anilines is 4. The quantitative estimate of drug-likeness (QED) is 0.529. The fraction of sp³-hybridized carbons (Fsp3) is 0. The Morgan fingerprint density at radius 3 is 1.78 bits per heavy atom. The summed E-state index contributed by atoms with van der Waals surface area (Å²) in [4.78, 5) is 26.2. The summed E-state index contributed by atoms with van der Waals surface area (Å²) in [6, 6.07) is 17.3. The molecule has 3 aromatic carbocycles. The molecule has 0 aliphatic heterocycles. The van der Waals surface area contributed by atoms with Crippen LogP contribution in [0, 0.1) is 0 Å². The number of aromatic hydroxyl groups is 1. The largest absolute Gasteiger partial charge is 0.508 e. The van der Waals surface area contributed by atoms with Crippen molar-refractivity contribution in [2.45, 2.75) is 0 Å². The molecule has 136 valence electrons. The molecule has 0 radical (unpaired) electrons. The molecule has 0 saturated heterocycles. The summed E-state index contributed by atoms with van der Waals surface area (Å²) < 4.78 is 0. The topological polar surface area (TPSA) is 136 Å². The van der Waals surface area contributed by atoms with Gasteiger partial charge in [0, 0.05) is 22.5 Å². The molecule has 3 rings (SSSR count). The molecule has 0 spiro atoms. The number of phenolic OH excluding ortho intramolecular Hbond substituents is 1. The van der Waals surface area contributed by atoms with Gasteiger partial charge in [-0.15, -0.1) is 0 Å². The monoisotopic (exact) mass is 362 g/mol. The maximum Gasteiger partial charge on any atom is 0.262 e. The highest BCUT2D eigenvalue weighted by Crippen LogP contribution is 2.31. The van der Waals surface area contributed by atoms with Gasteiger partial charge in [-0.25, -0.2) is 0 Å². The van der Waals surface area contributed by atoms with E-state index in [0.29, 0.717) is 22.7 Å². The number of benzene rings is 3. The number of nitrogen functional groups attached to an aromatic ring is 2. The molecule has 2 amide bonds. The molecule has 0 saturated carbocycles. The Hall–Kier alpha value is -4.00. The number of carbonyl (C=O) groups excluding carboxylic acids is 2. The van der Waals surface area contributed by atoms with Crippen molar-refractivity contribution < 1.29 is 14.7 Å². The number of carbonyl (C=O) groups is 2. The zero-order chi connectivity index (χ0) is 19.6. The molecule has 7 N–H and O–H groups in total. The number of amides is 2. The number of hydrogen-bond acceptors (Lipinski definition) is 5. The lowest BCUT2D eigenvalue weighted by atomic mass is 10.1. The Morgan fingerprint density at radius 2 is 1.30 bits per heavy atom. The third kappa shape index (κ3) is 3.82. The molecule has 0 atom stereocenters. The normalized spacial score (nSPS) is 10.4. The molecule has 27 heavy (non-hydrogen) atoms. The van der Waals surface area contributed by atoms with Gasteiger partial charge in [0.15, 0.2) is 0 Å². The van der Waals surface area contributed by atoms with Gasteiger partial charge in [-0.2, -0.15) is 0 Å². The fourth-order valence-electron chi connectivity index (χ4n) is 2.72. The number of primary amides is 1. The van der Waals surface area contributed by atoms with Gasteiger partial charge in [-0.05, 0) is 54.6 Å². The van der Waals surface area contributed by atoms with Gasteiger partial charge in [-0.3, -0.25) is 14.5 Å². The van der Waals surface area contributed by atoms with E-state index in [1.807, 2.05) is 0 Å². The zero-order valence-corrected chi connectivity index (χ0v) is 14.3. The van der Waals surface area contributed by atoms with Crippen LogP contribution in [0.15, 0.2) is 66.7 Å². The second-order valence-corrected chi connectivity index (χ2v) is 5.96. The summed E-state index contributed by atoms with van der Waals surface area (Å²) >= 11 is 0.